The number of thiazole rings is 1. The lowest BCUT2D eigenvalue weighted by atomic mass is 10.1. The summed E-state index contributed by atoms with van der Waals surface area (Å²) in [6.45, 7) is 1.54. The van der Waals surface area contributed by atoms with E-state index in [-0.39, 0.29) is 28.8 Å². The molecule has 0 saturated heterocycles. The van der Waals surface area contributed by atoms with Crippen molar-refractivity contribution in [3.63, 3.8) is 0 Å². The molecule has 2 aromatic carbocycles. The van der Waals surface area contributed by atoms with Gasteiger partial charge >= 0.3 is 4.87 Å². The van der Waals surface area contributed by atoms with Crippen LogP contribution in [-0.4, -0.2) is 27.5 Å². The molecule has 0 unspecified atom stereocenters. The molecule has 152 valence electrons. The minimum absolute atomic E-state index is 0.103. The number of nitrogens with one attached hydrogen (secondary N) is 1. The van der Waals surface area contributed by atoms with Crippen molar-refractivity contribution in [3.8, 4) is 23.1 Å². The van der Waals surface area contributed by atoms with Crippen LogP contribution in [0.3, 0.4) is 0 Å². The zero-order valence-corrected chi connectivity index (χ0v) is 16.9. The molecule has 2 aromatic heterocycles. The van der Waals surface area contributed by atoms with E-state index < -0.39 is 0 Å². The highest BCUT2D eigenvalue weighted by Gasteiger charge is 2.18. The highest BCUT2D eigenvalue weighted by atomic mass is 32.1. The van der Waals surface area contributed by atoms with E-state index >= 15 is 0 Å². The maximum Gasteiger partial charge on any atom is 0.307 e. The molecule has 4 aromatic rings. The van der Waals surface area contributed by atoms with Gasteiger partial charge in [-0.2, -0.15) is 0 Å². The van der Waals surface area contributed by atoms with E-state index in [4.69, 9.17) is 9.15 Å². The molecule has 0 bridgehead atoms. The number of hydrogen-bond donors (Lipinski definition) is 2. The SMILES string of the molecule is Cc1oc(-c2ccccc2)nc1C(=O)COc1ccc(Cc2sc(=O)[nH]c2O)cc1. The second-order valence-corrected chi connectivity index (χ2v) is 7.68. The summed E-state index contributed by atoms with van der Waals surface area (Å²) >= 11 is 0.974. The average molecular weight is 422 g/mol. The molecule has 0 spiro atoms. The van der Waals surface area contributed by atoms with Gasteiger partial charge in [0.25, 0.3) is 0 Å². The third kappa shape index (κ3) is 4.33. The lowest BCUT2D eigenvalue weighted by Gasteiger charge is -2.06. The number of nitrogens with zero attached hydrogens (tertiary/aromatic N) is 1. The predicted octanol–water partition coefficient (Wildman–Crippen LogP) is 3.96. The molecule has 0 saturated carbocycles. The van der Waals surface area contributed by atoms with Gasteiger partial charge in [-0.05, 0) is 36.8 Å². The van der Waals surface area contributed by atoms with Crippen LogP contribution in [0.4, 0.5) is 0 Å². The molecule has 4 rings (SSSR count). The number of ketones is 1. The quantitative estimate of drug-likeness (QED) is 0.437. The molecule has 7 nitrogen and oxygen atoms in total. The average Bonchev–Trinajstić information content (AvgIpc) is 3.29. The summed E-state index contributed by atoms with van der Waals surface area (Å²) in [5, 5.41) is 9.68. The van der Waals surface area contributed by atoms with Gasteiger partial charge in [-0.25, -0.2) is 4.98 Å². The van der Waals surface area contributed by atoms with Gasteiger partial charge in [0.2, 0.25) is 17.6 Å². The van der Waals surface area contributed by atoms with Crippen LogP contribution < -0.4 is 9.61 Å². The predicted molar refractivity (Wildman–Crippen MR) is 112 cm³/mol. The van der Waals surface area contributed by atoms with Crippen molar-refractivity contribution >= 4 is 17.1 Å². The van der Waals surface area contributed by atoms with Crippen LogP contribution in [0.1, 0.15) is 26.7 Å². The van der Waals surface area contributed by atoms with Crippen molar-refractivity contribution in [1.82, 2.24) is 9.97 Å². The van der Waals surface area contributed by atoms with Gasteiger partial charge in [-0.3, -0.25) is 14.6 Å². The minimum atomic E-state index is -0.292. The lowest BCUT2D eigenvalue weighted by molar-refractivity contribution is 0.0915. The number of carbonyl (C=O) groups excluding carboxylic acids is 1. The molecule has 0 radical (unpaired) electrons. The summed E-state index contributed by atoms with van der Waals surface area (Å²) in [5.74, 6) is 1.00. The third-order valence-corrected chi connectivity index (χ3v) is 5.31. The van der Waals surface area contributed by atoms with Crippen molar-refractivity contribution in [2.45, 2.75) is 13.3 Å². The Morgan fingerprint density at radius 1 is 1.17 bits per heavy atom. The van der Waals surface area contributed by atoms with Crippen LogP contribution in [0, 0.1) is 6.92 Å². The second kappa shape index (κ2) is 8.38. The molecule has 2 N–H and O–H groups in total. The van der Waals surface area contributed by atoms with E-state index in [1.165, 1.54) is 0 Å². The van der Waals surface area contributed by atoms with Crippen LogP contribution in [0.25, 0.3) is 11.5 Å². The highest BCUT2D eigenvalue weighted by molar-refractivity contribution is 7.09. The van der Waals surface area contributed by atoms with E-state index in [1.54, 1.807) is 19.1 Å². The molecule has 8 heteroatoms. The van der Waals surface area contributed by atoms with Crippen molar-refractivity contribution in [3.05, 3.63) is 86.2 Å². The van der Waals surface area contributed by atoms with Crippen molar-refractivity contribution in [1.29, 1.82) is 0 Å². The van der Waals surface area contributed by atoms with Crippen molar-refractivity contribution in [2.75, 3.05) is 6.61 Å². The molecule has 0 aliphatic heterocycles. The fourth-order valence-corrected chi connectivity index (χ4v) is 3.70. The Morgan fingerprint density at radius 2 is 1.90 bits per heavy atom. The summed E-state index contributed by atoms with van der Waals surface area (Å²) in [6.07, 6.45) is 0.425. The Morgan fingerprint density at radius 3 is 2.57 bits per heavy atom. The van der Waals surface area contributed by atoms with Gasteiger partial charge in [0.1, 0.15) is 11.5 Å². The maximum absolute atomic E-state index is 12.5. The van der Waals surface area contributed by atoms with Crippen LogP contribution in [0.15, 0.2) is 63.8 Å². The Hall–Kier alpha value is -3.65. The van der Waals surface area contributed by atoms with Crippen LogP contribution in [-0.2, 0) is 6.42 Å². The van der Waals surface area contributed by atoms with E-state index in [2.05, 4.69) is 9.97 Å². The van der Waals surface area contributed by atoms with Crippen LogP contribution in [0.5, 0.6) is 11.6 Å². The first-order valence-electron chi connectivity index (χ1n) is 9.18. The Labute approximate surface area is 175 Å². The lowest BCUT2D eigenvalue weighted by Crippen LogP contribution is -2.13. The first-order chi connectivity index (χ1) is 14.5. The smallest absolute Gasteiger partial charge is 0.307 e. The van der Waals surface area contributed by atoms with Crippen LogP contribution >= 0.6 is 11.3 Å². The molecule has 0 aliphatic rings. The maximum atomic E-state index is 12.5. The number of carbonyl (C=O) groups is 1. The van der Waals surface area contributed by atoms with Gasteiger partial charge in [-0.15, -0.1) is 0 Å². The van der Waals surface area contributed by atoms with E-state index in [9.17, 15) is 14.7 Å². The molecule has 0 amide bonds. The normalized spacial score (nSPS) is 10.8. The number of ether oxygens (including phenoxy) is 1. The number of H-pyrrole nitrogens is 1. The first-order valence-corrected chi connectivity index (χ1v) is 10.00. The molecule has 0 aliphatic carbocycles. The number of aryl methyl sites for hydroxylation is 1. The topological polar surface area (TPSA) is 105 Å². The second-order valence-electron chi connectivity index (χ2n) is 6.61. The first kappa shape index (κ1) is 19.7. The Kier molecular flexibility index (Phi) is 5.49. The van der Waals surface area contributed by atoms with E-state index in [0.29, 0.717) is 28.7 Å². The van der Waals surface area contributed by atoms with Crippen molar-refractivity contribution in [2.24, 2.45) is 0 Å². The monoisotopic (exact) mass is 422 g/mol. The number of aromatic hydroxyl groups is 1. The largest absolute Gasteiger partial charge is 0.494 e. The summed E-state index contributed by atoms with van der Waals surface area (Å²) in [4.78, 5) is 30.7. The number of benzene rings is 2. The zero-order valence-electron chi connectivity index (χ0n) is 16.0. The fourth-order valence-electron chi connectivity index (χ4n) is 2.94. The number of aromatic nitrogens is 2. The summed E-state index contributed by atoms with van der Waals surface area (Å²) in [7, 11) is 0. The Balaban J connectivity index is 1.39. The minimum Gasteiger partial charge on any atom is -0.494 e. The molecular formula is C22H18N2O5S. The number of hydrogen-bond acceptors (Lipinski definition) is 7. The highest BCUT2D eigenvalue weighted by Crippen LogP contribution is 2.23. The number of Topliss-reactive ketones (excluding diaryl/α,β-unsaturated/α-hetero) is 1. The van der Waals surface area contributed by atoms with Gasteiger partial charge in [0, 0.05) is 12.0 Å². The van der Waals surface area contributed by atoms with Gasteiger partial charge in [0.05, 0.1) is 4.88 Å². The molecule has 0 fully saturated rings. The van der Waals surface area contributed by atoms with E-state index in [0.717, 1.165) is 22.5 Å². The van der Waals surface area contributed by atoms with Gasteiger partial charge in [0.15, 0.2) is 12.3 Å². The third-order valence-electron chi connectivity index (χ3n) is 4.44. The Bertz CT molecular complexity index is 1220. The number of aromatic amines is 1. The van der Waals surface area contributed by atoms with Crippen LogP contribution in [0.2, 0.25) is 0 Å². The molecule has 0 atom stereocenters. The fraction of sp³-hybridized carbons (Fsp3) is 0.136. The van der Waals surface area contributed by atoms with Gasteiger partial charge in [-0.1, -0.05) is 41.7 Å². The summed E-state index contributed by atoms with van der Waals surface area (Å²) in [6, 6.07) is 16.5. The summed E-state index contributed by atoms with van der Waals surface area (Å²) in [5.41, 5.74) is 1.96. The van der Waals surface area contributed by atoms with Crippen molar-refractivity contribution < 1.29 is 19.1 Å². The summed E-state index contributed by atoms with van der Waals surface area (Å²) < 4.78 is 11.2. The standard InChI is InChI=1S/C22H18N2O5S/c1-13-19(23-21(29-13)15-5-3-2-4-6-15)17(25)12-28-16-9-7-14(8-10-16)11-18-20(26)24-22(27)30-18/h2-10,26H,11-12H2,1H3,(H,24,27). The number of rotatable bonds is 7. The zero-order chi connectivity index (χ0) is 21.1. The molecular weight excluding hydrogens is 404 g/mol. The van der Waals surface area contributed by atoms with Gasteiger partial charge < -0.3 is 14.3 Å². The number of oxazole rings is 1. The molecule has 2 heterocycles. The molecule has 30 heavy (non-hydrogen) atoms. The van der Waals surface area contributed by atoms with E-state index in [1.807, 2.05) is 42.5 Å².